The molecule has 0 bridgehead atoms. The summed E-state index contributed by atoms with van der Waals surface area (Å²) in [7, 11) is 0. The molecule has 2 nitrogen and oxygen atoms in total. The average molecular weight is 266 g/mol. The van der Waals surface area contributed by atoms with Gasteiger partial charge in [0.1, 0.15) is 11.6 Å². The van der Waals surface area contributed by atoms with Crippen molar-refractivity contribution in [3.8, 4) is 5.75 Å². The molecule has 0 saturated heterocycles. The molecule has 1 unspecified atom stereocenters. The van der Waals surface area contributed by atoms with Crippen LogP contribution in [0.4, 0.5) is 10.1 Å². The number of aromatic hydroxyl groups is 1. The Hall–Kier alpha value is -1.74. The van der Waals surface area contributed by atoms with Gasteiger partial charge < -0.3 is 10.4 Å². The predicted octanol–water partition coefficient (Wildman–Crippen LogP) is 4.36. The highest BCUT2D eigenvalue weighted by atomic mass is 35.5. The maximum Gasteiger partial charge on any atom is 0.146 e. The van der Waals surface area contributed by atoms with Crippen LogP contribution in [-0.4, -0.2) is 5.11 Å². The monoisotopic (exact) mass is 265 g/mol. The third kappa shape index (κ3) is 2.74. The molecular formula is C14H13ClFNO. The summed E-state index contributed by atoms with van der Waals surface area (Å²) in [5.74, 6) is -0.193. The lowest BCUT2D eigenvalue weighted by molar-refractivity contribution is 0.465. The molecule has 0 aromatic heterocycles. The molecule has 0 amide bonds. The lowest BCUT2D eigenvalue weighted by Crippen LogP contribution is -2.08. The molecule has 4 heteroatoms. The van der Waals surface area contributed by atoms with Crippen molar-refractivity contribution < 1.29 is 9.50 Å². The van der Waals surface area contributed by atoms with Gasteiger partial charge in [-0.3, -0.25) is 0 Å². The van der Waals surface area contributed by atoms with Crippen LogP contribution < -0.4 is 5.32 Å². The van der Waals surface area contributed by atoms with Gasteiger partial charge in [0.25, 0.3) is 0 Å². The normalized spacial score (nSPS) is 12.2. The zero-order valence-electron chi connectivity index (χ0n) is 9.82. The number of nitrogens with one attached hydrogen (secondary N) is 1. The van der Waals surface area contributed by atoms with Crippen LogP contribution in [0, 0.1) is 5.82 Å². The van der Waals surface area contributed by atoms with E-state index in [1.165, 1.54) is 18.2 Å². The number of anilines is 1. The van der Waals surface area contributed by atoms with E-state index in [1.54, 1.807) is 18.2 Å². The molecular weight excluding hydrogens is 253 g/mol. The van der Waals surface area contributed by atoms with Crippen molar-refractivity contribution >= 4 is 17.3 Å². The predicted molar refractivity (Wildman–Crippen MR) is 71.6 cm³/mol. The second-order valence-electron chi connectivity index (χ2n) is 4.05. The first-order chi connectivity index (χ1) is 8.58. The second kappa shape index (κ2) is 5.27. The summed E-state index contributed by atoms with van der Waals surface area (Å²) in [5, 5.41) is 13.2. The lowest BCUT2D eigenvalue weighted by Gasteiger charge is -2.17. The third-order valence-electron chi connectivity index (χ3n) is 2.70. The number of phenolic OH excluding ortho intramolecular Hbond substituents is 1. The van der Waals surface area contributed by atoms with Gasteiger partial charge in [0, 0.05) is 10.6 Å². The minimum absolute atomic E-state index is 0.180. The highest BCUT2D eigenvalue weighted by molar-refractivity contribution is 6.30. The van der Waals surface area contributed by atoms with Crippen LogP contribution in [0.15, 0.2) is 42.5 Å². The molecule has 94 valence electrons. The molecule has 2 N–H and O–H groups in total. The van der Waals surface area contributed by atoms with Crippen molar-refractivity contribution in [2.24, 2.45) is 0 Å². The highest BCUT2D eigenvalue weighted by Gasteiger charge is 2.11. The number of hydrogen-bond acceptors (Lipinski definition) is 2. The average Bonchev–Trinajstić information content (AvgIpc) is 2.34. The summed E-state index contributed by atoms with van der Waals surface area (Å²) < 4.78 is 13.6. The molecule has 2 aromatic rings. The molecule has 0 saturated carbocycles. The molecule has 0 aliphatic heterocycles. The van der Waals surface area contributed by atoms with Crippen LogP contribution in [0.25, 0.3) is 0 Å². The number of para-hydroxylation sites is 1. The van der Waals surface area contributed by atoms with Gasteiger partial charge in [-0.05, 0) is 31.2 Å². The third-order valence-corrected chi connectivity index (χ3v) is 2.94. The topological polar surface area (TPSA) is 32.3 Å². The van der Waals surface area contributed by atoms with Crippen LogP contribution in [0.2, 0.25) is 5.02 Å². The first kappa shape index (κ1) is 12.7. The Bertz CT molecular complexity index is 559. The number of phenols is 1. The van der Waals surface area contributed by atoms with Crippen molar-refractivity contribution in [3.05, 3.63) is 58.9 Å². The van der Waals surface area contributed by atoms with Crippen molar-refractivity contribution in [1.29, 1.82) is 0 Å². The fraction of sp³-hybridized carbons (Fsp3) is 0.143. The van der Waals surface area contributed by atoms with Gasteiger partial charge in [-0.25, -0.2) is 4.39 Å². The number of hydrogen-bond donors (Lipinski definition) is 2. The molecule has 0 spiro atoms. The Kier molecular flexibility index (Phi) is 3.72. The van der Waals surface area contributed by atoms with Crippen molar-refractivity contribution in [2.45, 2.75) is 13.0 Å². The minimum atomic E-state index is -0.373. The molecule has 0 aliphatic rings. The maximum atomic E-state index is 13.6. The van der Waals surface area contributed by atoms with Gasteiger partial charge in [0.2, 0.25) is 0 Å². The van der Waals surface area contributed by atoms with Crippen LogP contribution in [0.1, 0.15) is 18.5 Å². The van der Waals surface area contributed by atoms with E-state index in [4.69, 9.17) is 11.6 Å². The van der Waals surface area contributed by atoms with Gasteiger partial charge in [-0.15, -0.1) is 0 Å². The maximum absolute atomic E-state index is 13.6. The van der Waals surface area contributed by atoms with Gasteiger partial charge in [0.05, 0.1) is 11.7 Å². The van der Waals surface area contributed by atoms with Gasteiger partial charge in [-0.2, -0.15) is 0 Å². The Labute approximate surface area is 110 Å². The number of rotatable bonds is 3. The van der Waals surface area contributed by atoms with Gasteiger partial charge in [-0.1, -0.05) is 29.8 Å². The Morgan fingerprint density at radius 1 is 1.22 bits per heavy atom. The number of benzene rings is 2. The van der Waals surface area contributed by atoms with Crippen molar-refractivity contribution in [2.75, 3.05) is 5.32 Å². The lowest BCUT2D eigenvalue weighted by atomic mass is 10.1. The van der Waals surface area contributed by atoms with Crippen LogP contribution >= 0.6 is 11.6 Å². The number of halogens is 2. The van der Waals surface area contributed by atoms with E-state index in [2.05, 4.69) is 5.32 Å². The van der Waals surface area contributed by atoms with E-state index in [-0.39, 0.29) is 17.6 Å². The summed E-state index contributed by atoms with van der Waals surface area (Å²) >= 11 is 5.82. The molecule has 0 aliphatic carbocycles. The molecule has 2 aromatic carbocycles. The quantitative estimate of drug-likeness (QED) is 0.864. The fourth-order valence-electron chi connectivity index (χ4n) is 1.77. The van der Waals surface area contributed by atoms with Crippen LogP contribution in [-0.2, 0) is 0 Å². The van der Waals surface area contributed by atoms with Gasteiger partial charge in [0.15, 0.2) is 0 Å². The first-order valence-electron chi connectivity index (χ1n) is 5.57. The summed E-state index contributed by atoms with van der Waals surface area (Å²) in [6.07, 6.45) is 0. The standard InChI is InChI=1S/C14H13ClFNO/c1-9(11-4-2-3-5-14(11)18)17-13-8-10(15)6-7-12(13)16/h2-9,17-18H,1H3. The fourth-order valence-corrected chi connectivity index (χ4v) is 1.94. The largest absolute Gasteiger partial charge is 0.508 e. The smallest absolute Gasteiger partial charge is 0.146 e. The van der Waals surface area contributed by atoms with E-state index >= 15 is 0 Å². The van der Waals surface area contributed by atoms with E-state index in [0.717, 1.165) is 0 Å². The summed E-state index contributed by atoms with van der Waals surface area (Å²) in [5.41, 5.74) is 1.02. The summed E-state index contributed by atoms with van der Waals surface area (Å²) in [6, 6.07) is 11.0. The van der Waals surface area contributed by atoms with Crippen molar-refractivity contribution in [1.82, 2.24) is 0 Å². The van der Waals surface area contributed by atoms with Crippen LogP contribution in [0.5, 0.6) is 5.75 Å². The van der Waals surface area contributed by atoms with Crippen molar-refractivity contribution in [3.63, 3.8) is 0 Å². The van der Waals surface area contributed by atoms with E-state index in [1.807, 2.05) is 13.0 Å². The van der Waals surface area contributed by atoms with E-state index in [9.17, 15) is 9.50 Å². The Morgan fingerprint density at radius 3 is 2.67 bits per heavy atom. The minimum Gasteiger partial charge on any atom is -0.508 e. The Balaban J connectivity index is 2.24. The molecule has 0 heterocycles. The van der Waals surface area contributed by atoms with E-state index in [0.29, 0.717) is 16.3 Å². The zero-order chi connectivity index (χ0) is 13.1. The molecule has 18 heavy (non-hydrogen) atoms. The van der Waals surface area contributed by atoms with E-state index < -0.39 is 0 Å². The van der Waals surface area contributed by atoms with Crippen LogP contribution in [0.3, 0.4) is 0 Å². The summed E-state index contributed by atoms with van der Waals surface area (Å²) in [4.78, 5) is 0. The molecule has 0 fully saturated rings. The Morgan fingerprint density at radius 2 is 1.94 bits per heavy atom. The molecule has 1 atom stereocenters. The zero-order valence-corrected chi connectivity index (χ0v) is 10.6. The SMILES string of the molecule is CC(Nc1cc(Cl)ccc1F)c1ccccc1O. The molecule has 2 rings (SSSR count). The first-order valence-corrected chi connectivity index (χ1v) is 5.95. The molecule has 0 radical (unpaired) electrons. The second-order valence-corrected chi connectivity index (χ2v) is 4.49. The summed E-state index contributed by atoms with van der Waals surface area (Å²) in [6.45, 7) is 1.84. The van der Waals surface area contributed by atoms with Gasteiger partial charge >= 0.3 is 0 Å². The highest BCUT2D eigenvalue weighted by Crippen LogP contribution is 2.28.